The van der Waals surface area contributed by atoms with Crippen molar-refractivity contribution in [2.24, 2.45) is 0 Å². The fourth-order valence-corrected chi connectivity index (χ4v) is 2.88. The minimum Gasteiger partial charge on any atom is -0.488 e. The second kappa shape index (κ2) is 8.35. The molecule has 0 saturated carbocycles. The summed E-state index contributed by atoms with van der Waals surface area (Å²) in [6.45, 7) is 1.13. The Morgan fingerprint density at radius 1 is 1.27 bits per heavy atom. The highest BCUT2D eigenvalue weighted by Gasteiger charge is 2.27. The number of hydrogen-bond donors (Lipinski definition) is 2. The van der Waals surface area contributed by atoms with Crippen LogP contribution in [0.1, 0.15) is 29.0 Å². The molecule has 1 aliphatic heterocycles. The van der Waals surface area contributed by atoms with Crippen LogP contribution in [0.3, 0.4) is 0 Å². The topological polar surface area (TPSA) is 92.0 Å². The summed E-state index contributed by atoms with van der Waals surface area (Å²) < 4.78 is 11.3. The molecule has 7 heteroatoms. The average molecular weight is 356 g/mol. The van der Waals surface area contributed by atoms with Gasteiger partial charge in [0.2, 0.25) is 0 Å². The minimum absolute atomic E-state index is 0.143. The molecule has 0 spiro atoms. The van der Waals surface area contributed by atoms with Crippen LogP contribution in [0.25, 0.3) is 6.08 Å². The van der Waals surface area contributed by atoms with Crippen LogP contribution in [0.5, 0.6) is 5.75 Å². The third kappa shape index (κ3) is 4.31. The summed E-state index contributed by atoms with van der Waals surface area (Å²) >= 11 is 0. The summed E-state index contributed by atoms with van der Waals surface area (Å²) in [6, 6.07) is 10.6. The first kappa shape index (κ1) is 17.8. The third-order valence-corrected chi connectivity index (χ3v) is 4.13. The summed E-state index contributed by atoms with van der Waals surface area (Å²) in [6.07, 6.45) is 5.78. The van der Waals surface area contributed by atoms with E-state index in [-0.39, 0.29) is 12.0 Å². The Labute approximate surface area is 150 Å². The van der Waals surface area contributed by atoms with Gasteiger partial charge in [0.25, 0.3) is 11.8 Å². The van der Waals surface area contributed by atoms with E-state index in [1.165, 1.54) is 12.3 Å². The number of amides is 2. The van der Waals surface area contributed by atoms with Gasteiger partial charge in [0.1, 0.15) is 11.9 Å². The molecule has 3 rings (SSSR count). The van der Waals surface area contributed by atoms with Crippen molar-refractivity contribution >= 4 is 17.9 Å². The molecule has 1 atom stereocenters. The van der Waals surface area contributed by atoms with E-state index in [4.69, 9.17) is 14.4 Å². The second-order valence-corrected chi connectivity index (χ2v) is 5.96. The van der Waals surface area contributed by atoms with E-state index in [1.54, 1.807) is 28.6 Å². The molecule has 1 aromatic carbocycles. The Morgan fingerprint density at radius 2 is 2.12 bits per heavy atom. The van der Waals surface area contributed by atoms with Crippen molar-refractivity contribution in [1.29, 1.82) is 0 Å². The van der Waals surface area contributed by atoms with Gasteiger partial charge in [0.05, 0.1) is 12.8 Å². The molecule has 1 aliphatic rings. The lowest BCUT2D eigenvalue weighted by Gasteiger charge is -2.32. The predicted molar refractivity (Wildman–Crippen MR) is 93.7 cm³/mol. The summed E-state index contributed by atoms with van der Waals surface area (Å²) in [5.41, 5.74) is 2.26. The van der Waals surface area contributed by atoms with E-state index in [0.717, 1.165) is 12.8 Å². The normalized spacial score (nSPS) is 17.3. The van der Waals surface area contributed by atoms with Crippen LogP contribution in [-0.2, 0) is 4.79 Å². The summed E-state index contributed by atoms with van der Waals surface area (Å²) in [5, 5.41) is 8.58. The Balaban J connectivity index is 1.68. The van der Waals surface area contributed by atoms with Crippen molar-refractivity contribution in [3.63, 3.8) is 0 Å². The van der Waals surface area contributed by atoms with E-state index < -0.39 is 5.91 Å². The molecule has 2 amide bonds. The van der Waals surface area contributed by atoms with Gasteiger partial charge in [-0.15, -0.1) is 0 Å². The first-order valence-corrected chi connectivity index (χ1v) is 8.38. The number of rotatable bonds is 5. The lowest BCUT2D eigenvalue weighted by molar-refractivity contribution is -0.124. The maximum Gasteiger partial charge on any atom is 0.289 e. The van der Waals surface area contributed by atoms with Crippen molar-refractivity contribution in [2.45, 2.75) is 18.9 Å². The van der Waals surface area contributed by atoms with Gasteiger partial charge in [-0.25, -0.2) is 5.48 Å². The summed E-state index contributed by atoms with van der Waals surface area (Å²) in [7, 11) is 0. The molecule has 1 aromatic heterocycles. The minimum atomic E-state index is -0.618. The number of piperidine rings is 1. The van der Waals surface area contributed by atoms with Crippen molar-refractivity contribution in [3.8, 4) is 5.75 Å². The Morgan fingerprint density at radius 3 is 2.88 bits per heavy atom. The molecule has 0 unspecified atom stereocenters. The quantitative estimate of drug-likeness (QED) is 0.488. The molecule has 1 fully saturated rings. The molecule has 0 radical (unpaired) electrons. The fourth-order valence-electron chi connectivity index (χ4n) is 2.88. The van der Waals surface area contributed by atoms with Gasteiger partial charge >= 0.3 is 0 Å². The zero-order valence-corrected chi connectivity index (χ0v) is 14.1. The van der Waals surface area contributed by atoms with Gasteiger partial charge in [-0.05, 0) is 37.1 Å². The molecule has 2 heterocycles. The molecule has 7 nitrogen and oxygen atoms in total. The molecule has 136 valence electrons. The number of hydrogen-bond acceptors (Lipinski definition) is 5. The number of hydroxylamine groups is 1. The van der Waals surface area contributed by atoms with Crippen LogP contribution in [0, 0.1) is 0 Å². The number of furan rings is 1. The first-order chi connectivity index (χ1) is 12.7. The number of carbonyl (C=O) groups is 2. The lowest BCUT2D eigenvalue weighted by atomic mass is 10.1. The second-order valence-electron chi connectivity index (χ2n) is 5.96. The SMILES string of the molecule is O=C(C=Cc1ccccc1O[C@@H]1CCCN(C(=O)c2ccco2)C1)NO. The molecule has 1 saturated heterocycles. The first-order valence-electron chi connectivity index (χ1n) is 8.38. The van der Waals surface area contributed by atoms with Gasteiger partial charge < -0.3 is 14.1 Å². The molecule has 2 aromatic rings. The van der Waals surface area contributed by atoms with E-state index in [0.29, 0.717) is 30.2 Å². The van der Waals surface area contributed by atoms with Gasteiger partial charge in [0, 0.05) is 18.2 Å². The monoisotopic (exact) mass is 356 g/mol. The highest BCUT2D eigenvalue weighted by molar-refractivity contribution is 5.92. The Hall–Kier alpha value is -3.06. The van der Waals surface area contributed by atoms with Crippen LogP contribution in [-0.4, -0.2) is 41.1 Å². The van der Waals surface area contributed by atoms with E-state index >= 15 is 0 Å². The lowest BCUT2D eigenvalue weighted by Crippen LogP contribution is -2.44. The third-order valence-electron chi connectivity index (χ3n) is 4.13. The van der Waals surface area contributed by atoms with Crippen LogP contribution < -0.4 is 10.2 Å². The van der Waals surface area contributed by atoms with Gasteiger partial charge in [-0.2, -0.15) is 0 Å². The van der Waals surface area contributed by atoms with E-state index in [1.807, 2.05) is 24.3 Å². The largest absolute Gasteiger partial charge is 0.488 e. The van der Waals surface area contributed by atoms with Crippen molar-refractivity contribution in [2.75, 3.05) is 13.1 Å². The average Bonchev–Trinajstić information content (AvgIpc) is 3.21. The zero-order valence-electron chi connectivity index (χ0n) is 14.1. The highest BCUT2D eigenvalue weighted by Crippen LogP contribution is 2.24. The van der Waals surface area contributed by atoms with Crippen molar-refractivity contribution in [3.05, 3.63) is 60.1 Å². The maximum absolute atomic E-state index is 12.4. The van der Waals surface area contributed by atoms with Gasteiger partial charge in [-0.1, -0.05) is 18.2 Å². The predicted octanol–water partition coefficient (Wildman–Crippen LogP) is 2.48. The van der Waals surface area contributed by atoms with Gasteiger partial charge in [-0.3, -0.25) is 14.8 Å². The number of nitrogens with zero attached hydrogens (tertiary/aromatic N) is 1. The molecule has 26 heavy (non-hydrogen) atoms. The molecular weight excluding hydrogens is 336 g/mol. The number of ether oxygens (including phenoxy) is 1. The fraction of sp³-hybridized carbons (Fsp3) is 0.263. The standard InChI is InChI=1S/C19H20N2O5/c22-18(20-24)10-9-14-5-1-2-7-16(14)26-15-6-3-11-21(13-15)19(23)17-8-4-12-25-17/h1-2,4-5,7-10,12,15,24H,3,6,11,13H2,(H,20,22)/t15-/m1/s1. The number of para-hydroxylation sites is 1. The maximum atomic E-state index is 12.4. The molecule has 0 aliphatic carbocycles. The number of benzene rings is 1. The van der Waals surface area contributed by atoms with Gasteiger partial charge in [0.15, 0.2) is 5.76 Å². The zero-order chi connectivity index (χ0) is 18.4. The molecule has 2 N–H and O–H groups in total. The summed E-state index contributed by atoms with van der Waals surface area (Å²) in [5.74, 6) is 0.180. The van der Waals surface area contributed by atoms with E-state index in [2.05, 4.69) is 0 Å². The van der Waals surface area contributed by atoms with Crippen LogP contribution in [0.15, 0.2) is 53.2 Å². The van der Waals surface area contributed by atoms with Crippen molar-refractivity contribution in [1.82, 2.24) is 10.4 Å². The smallest absolute Gasteiger partial charge is 0.289 e. The highest BCUT2D eigenvalue weighted by atomic mass is 16.5. The van der Waals surface area contributed by atoms with Crippen LogP contribution in [0.2, 0.25) is 0 Å². The van der Waals surface area contributed by atoms with Crippen LogP contribution in [0.4, 0.5) is 0 Å². The Bertz CT molecular complexity index is 785. The number of carbonyl (C=O) groups excluding carboxylic acids is 2. The summed E-state index contributed by atoms with van der Waals surface area (Å²) in [4.78, 5) is 25.3. The van der Waals surface area contributed by atoms with Crippen LogP contribution >= 0.6 is 0 Å². The van der Waals surface area contributed by atoms with Crippen molar-refractivity contribution < 1.29 is 24.0 Å². The number of nitrogens with one attached hydrogen (secondary N) is 1. The van der Waals surface area contributed by atoms with E-state index in [9.17, 15) is 9.59 Å². The number of likely N-dealkylation sites (tertiary alicyclic amines) is 1. The molecular formula is C19H20N2O5. The molecule has 0 bridgehead atoms. The Kier molecular flexibility index (Phi) is 5.70.